The molecular formula is C34H39FN2O3. The van der Waals surface area contributed by atoms with Crippen molar-refractivity contribution in [2.24, 2.45) is 17.8 Å². The van der Waals surface area contributed by atoms with E-state index in [4.69, 9.17) is 4.74 Å². The highest BCUT2D eigenvalue weighted by molar-refractivity contribution is 5.71. The first-order valence-electron chi connectivity index (χ1n) is 14.8. The van der Waals surface area contributed by atoms with Gasteiger partial charge in [-0.15, -0.1) is 0 Å². The molecule has 3 aromatic rings. The fraction of sp³-hybridized carbons (Fsp3) is 0.471. The van der Waals surface area contributed by atoms with Crippen LogP contribution in [0.3, 0.4) is 0 Å². The third-order valence-electron chi connectivity index (χ3n) is 9.16. The fourth-order valence-corrected chi connectivity index (χ4v) is 6.77. The lowest BCUT2D eigenvalue weighted by Crippen LogP contribution is -2.22. The number of halogens is 1. The summed E-state index contributed by atoms with van der Waals surface area (Å²) in [5.74, 6) is 0.516. The minimum Gasteiger partial charge on any atom is -0.485 e. The topological polar surface area (TPSA) is 62.7 Å². The van der Waals surface area contributed by atoms with Crippen molar-refractivity contribution in [1.82, 2.24) is 9.88 Å². The maximum absolute atomic E-state index is 15.0. The predicted molar refractivity (Wildman–Crippen MR) is 154 cm³/mol. The number of benzene rings is 2. The molecule has 1 unspecified atom stereocenters. The van der Waals surface area contributed by atoms with Crippen LogP contribution in [0.2, 0.25) is 0 Å². The van der Waals surface area contributed by atoms with Crippen molar-refractivity contribution in [3.05, 3.63) is 82.4 Å². The average molecular weight is 543 g/mol. The van der Waals surface area contributed by atoms with E-state index in [1.807, 2.05) is 19.9 Å². The first-order valence-corrected chi connectivity index (χ1v) is 14.8. The van der Waals surface area contributed by atoms with Gasteiger partial charge >= 0.3 is 5.97 Å². The average Bonchev–Trinajstić information content (AvgIpc) is 3.69. The van der Waals surface area contributed by atoms with E-state index >= 15 is 0 Å². The number of rotatable bonds is 8. The molecule has 210 valence electrons. The molecule has 40 heavy (non-hydrogen) atoms. The predicted octanol–water partition coefficient (Wildman–Crippen LogP) is 7.32. The molecule has 6 rings (SSSR count). The van der Waals surface area contributed by atoms with Gasteiger partial charge in [0.05, 0.1) is 12.1 Å². The summed E-state index contributed by atoms with van der Waals surface area (Å²) in [7, 11) is 0. The standard InChI is InChI=1S/C34H39FN2O3/c1-20-12-13-37(18-20)19-27-15-25(8-10-28(27)29-14-21(2)36-17-30(29)35)31-11-9-23-4-7-26(16-32(23)40-31)33(24-5-6-24)22(3)34(38)39/h4,7-8,10,14-17,20,22,24,31,33H,5-6,9,11-13,18-19H2,1-3H3,(H,38,39)/t20-,22+,31?,33+/m1/s1. The van der Waals surface area contributed by atoms with Gasteiger partial charge in [-0.2, -0.15) is 0 Å². The summed E-state index contributed by atoms with van der Waals surface area (Å²) in [6.45, 7) is 8.88. The lowest BCUT2D eigenvalue weighted by atomic mass is 9.82. The summed E-state index contributed by atoms with van der Waals surface area (Å²) >= 11 is 0. The molecule has 2 fully saturated rings. The Morgan fingerprint density at radius 1 is 1.12 bits per heavy atom. The number of aromatic nitrogens is 1. The minimum absolute atomic E-state index is 0.0132. The number of likely N-dealkylation sites (tertiary alicyclic amines) is 1. The van der Waals surface area contributed by atoms with Gasteiger partial charge in [0.25, 0.3) is 0 Å². The number of aryl methyl sites for hydroxylation is 2. The van der Waals surface area contributed by atoms with Crippen molar-refractivity contribution in [3.63, 3.8) is 0 Å². The highest BCUT2D eigenvalue weighted by Crippen LogP contribution is 2.48. The van der Waals surface area contributed by atoms with Gasteiger partial charge in [-0.1, -0.05) is 44.2 Å². The Balaban J connectivity index is 1.31. The van der Waals surface area contributed by atoms with Crippen LogP contribution >= 0.6 is 0 Å². The zero-order chi connectivity index (χ0) is 28.0. The molecule has 1 saturated carbocycles. The normalized spacial score (nSPS) is 22.4. The maximum Gasteiger partial charge on any atom is 0.306 e. The van der Waals surface area contributed by atoms with Crippen LogP contribution in [-0.4, -0.2) is 34.0 Å². The van der Waals surface area contributed by atoms with Gasteiger partial charge < -0.3 is 9.84 Å². The zero-order valence-corrected chi connectivity index (χ0v) is 23.7. The summed E-state index contributed by atoms with van der Waals surface area (Å²) in [5, 5.41) is 9.74. The van der Waals surface area contributed by atoms with Crippen molar-refractivity contribution in [2.75, 3.05) is 13.1 Å². The molecule has 0 bridgehead atoms. The lowest BCUT2D eigenvalue weighted by Gasteiger charge is -2.29. The number of aliphatic carboxylic acids is 1. The Kier molecular flexibility index (Phi) is 7.39. The van der Waals surface area contributed by atoms with Gasteiger partial charge in [-0.05, 0) is 103 Å². The molecule has 1 aliphatic carbocycles. The van der Waals surface area contributed by atoms with Crippen LogP contribution in [0.15, 0.2) is 48.7 Å². The monoisotopic (exact) mass is 542 g/mol. The number of pyridine rings is 1. The van der Waals surface area contributed by atoms with Crippen molar-refractivity contribution >= 4 is 5.97 Å². The van der Waals surface area contributed by atoms with Crippen LogP contribution in [-0.2, 0) is 17.8 Å². The molecule has 0 spiro atoms. The van der Waals surface area contributed by atoms with Crippen molar-refractivity contribution in [1.29, 1.82) is 0 Å². The van der Waals surface area contributed by atoms with Gasteiger partial charge in [-0.3, -0.25) is 14.7 Å². The number of nitrogens with zero attached hydrogens (tertiary/aromatic N) is 2. The van der Waals surface area contributed by atoms with Gasteiger partial charge in [-0.25, -0.2) is 4.39 Å². The van der Waals surface area contributed by atoms with E-state index in [1.54, 1.807) is 0 Å². The first kappa shape index (κ1) is 26.9. The molecule has 2 aliphatic heterocycles. The third-order valence-corrected chi connectivity index (χ3v) is 9.16. The summed E-state index contributed by atoms with van der Waals surface area (Å²) in [4.78, 5) is 18.5. The zero-order valence-electron chi connectivity index (χ0n) is 23.7. The summed E-state index contributed by atoms with van der Waals surface area (Å²) < 4.78 is 21.6. The van der Waals surface area contributed by atoms with E-state index in [0.29, 0.717) is 17.4 Å². The fourth-order valence-electron chi connectivity index (χ4n) is 6.77. The molecule has 3 aliphatic rings. The number of fused-ring (bicyclic) bond motifs is 1. The molecule has 4 atom stereocenters. The summed E-state index contributed by atoms with van der Waals surface area (Å²) in [5.41, 5.74) is 6.77. The number of hydrogen-bond acceptors (Lipinski definition) is 4. The van der Waals surface area contributed by atoms with E-state index in [9.17, 15) is 14.3 Å². The molecule has 0 radical (unpaired) electrons. The Hall–Kier alpha value is -3.25. The minimum atomic E-state index is -0.741. The second kappa shape index (κ2) is 11.0. The molecule has 1 saturated heterocycles. The van der Waals surface area contributed by atoms with Gasteiger partial charge in [0.2, 0.25) is 0 Å². The van der Waals surface area contributed by atoms with Crippen molar-refractivity contribution in [2.45, 2.75) is 71.4 Å². The quantitative estimate of drug-likeness (QED) is 0.323. The molecule has 5 nitrogen and oxygen atoms in total. The van der Waals surface area contributed by atoms with Crippen molar-refractivity contribution in [3.8, 4) is 16.9 Å². The third kappa shape index (κ3) is 5.51. The van der Waals surface area contributed by atoms with Gasteiger partial charge in [0.15, 0.2) is 0 Å². The maximum atomic E-state index is 15.0. The van der Waals surface area contributed by atoms with Gasteiger partial charge in [0, 0.05) is 24.3 Å². The van der Waals surface area contributed by atoms with E-state index < -0.39 is 11.9 Å². The van der Waals surface area contributed by atoms with Crippen LogP contribution < -0.4 is 4.74 Å². The molecular weight excluding hydrogens is 503 g/mol. The van der Waals surface area contributed by atoms with E-state index in [-0.39, 0.29) is 17.8 Å². The lowest BCUT2D eigenvalue weighted by molar-refractivity contribution is -0.142. The highest BCUT2D eigenvalue weighted by Gasteiger charge is 2.39. The second-order valence-corrected chi connectivity index (χ2v) is 12.4. The van der Waals surface area contributed by atoms with Crippen LogP contribution in [0.4, 0.5) is 4.39 Å². The SMILES string of the molecule is Cc1cc(-c2ccc(C3CCc4ccc([C@H](C5CC5)[C@H](C)C(=O)O)cc4O3)cc2CN2CC[C@@H](C)C2)c(F)cn1. The van der Waals surface area contributed by atoms with E-state index in [1.165, 1.54) is 18.2 Å². The van der Waals surface area contributed by atoms with Crippen molar-refractivity contribution < 1.29 is 19.0 Å². The Morgan fingerprint density at radius 2 is 1.95 bits per heavy atom. The number of carboxylic acids is 1. The Labute approximate surface area is 236 Å². The summed E-state index contributed by atoms with van der Waals surface area (Å²) in [6.07, 6.45) is 6.35. The van der Waals surface area contributed by atoms with Crippen LogP contribution in [0.1, 0.15) is 79.5 Å². The first-order chi connectivity index (χ1) is 19.3. The smallest absolute Gasteiger partial charge is 0.306 e. The van der Waals surface area contributed by atoms with Crippen LogP contribution in [0.25, 0.3) is 11.1 Å². The van der Waals surface area contributed by atoms with Crippen LogP contribution in [0, 0.1) is 30.5 Å². The number of hydrogen-bond donors (Lipinski definition) is 1. The van der Waals surface area contributed by atoms with Gasteiger partial charge in [0.1, 0.15) is 17.7 Å². The molecule has 1 N–H and O–H groups in total. The molecule has 6 heteroatoms. The molecule has 2 aromatic carbocycles. The van der Waals surface area contributed by atoms with E-state index in [2.05, 4.69) is 53.2 Å². The van der Waals surface area contributed by atoms with E-state index in [0.717, 1.165) is 79.0 Å². The second-order valence-electron chi connectivity index (χ2n) is 12.4. The molecule has 0 amide bonds. The Bertz CT molecular complexity index is 1420. The molecule has 3 heterocycles. The number of carbonyl (C=O) groups is 1. The molecule has 1 aromatic heterocycles. The Morgan fingerprint density at radius 3 is 2.67 bits per heavy atom. The highest BCUT2D eigenvalue weighted by atomic mass is 19.1. The summed E-state index contributed by atoms with van der Waals surface area (Å²) in [6, 6.07) is 14.5. The largest absolute Gasteiger partial charge is 0.485 e. The van der Waals surface area contributed by atoms with Crippen LogP contribution in [0.5, 0.6) is 5.75 Å². The number of ether oxygens (including phenoxy) is 1. The number of carboxylic acid groups (broad SMARTS) is 1.